The van der Waals surface area contributed by atoms with Crippen LogP contribution < -0.4 is 20.3 Å². The fourth-order valence-corrected chi connectivity index (χ4v) is 4.51. The first-order chi connectivity index (χ1) is 16.1. The van der Waals surface area contributed by atoms with Crippen molar-refractivity contribution in [3.8, 4) is 0 Å². The third-order valence-corrected chi connectivity index (χ3v) is 6.84. The zero-order valence-corrected chi connectivity index (χ0v) is 19.5. The van der Waals surface area contributed by atoms with Gasteiger partial charge < -0.3 is 15.5 Å². The first kappa shape index (κ1) is 23.4. The summed E-state index contributed by atoms with van der Waals surface area (Å²) in [5, 5.41) is 5.22. The number of fused-ring (bicyclic) bond motifs is 1. The van der Waals surface area contributed by atoms with Gasteiger partial charge in [0.15, 0.2) is 11.6 Å². The van der Waals surface area contributed by atoms with E-state index in [0.717, 1.165) is 17.7 Å². The number of amides is 1. The van der Waals surface area contributed by atoms with Crippen LogP contribution in [0.1, 0.15) is 35.7 Å². The smallest absolute Gasteiger partial charge is 0.261 e. The topological polar surface area (TPSA) is 103 Å². The Kier molecular flexibility index (Phi) is 6.13. The van der Waals surface area contributed by atoms with Crippen LogP contribution in [-0.2, 0) is 10.0 Å². The Balaban J connectivity index is 1.58. The lowest BCUT2D eigenvalue weighted by Crippen LogP contribution is -2.18. The number of pyridine rings is 1. The predicted octanol–water partition coefficient (Wildman–Crippen LogP) is 4.36. The SMILES string of the molecule is CC(C)c1ccc(S(=O)(=O)Nc2ccc(F)c(NC(=O)c3cnc4c(c3)N(C)CN4)c2F)cc1. The Labute approximate surface area is 196 Å². The predicted molar refractivity (Wildman–Crippen MR) is 127 cm³/mol. The van der Waals surface area contributed by atoms with Gasteiger partial charge in [0.25, 0.3) is 15.9 Å². The number of carbonyl (C=O) groups is 1. The molecule has 0 aliphatic carbocycles. The molecule has 0 fully saturated rings. The molecule has 1 aliphatic heterocycles. The summed E-state index contributed by atoms with van der Waals surface area (Å²) < 4.78 is 57.1. The molecule has 3 aromatic rings. The maximum absolute atomic E-state index is 15.1. The Morgan fingerprint density at radius 3 is 2.53 bits per heavy atom. The number of nitrogens with one attached hydrogen (secondary N) is 3. The minimum atomic E-state index is -4.15. The van der Waals surface area contributed by atoms with Gasteiger partial charge in [-0.25, -0.2) is 22.2 Å². The van der Waals surface area contributed by atoms with Crippen LogP contribution in [-0.4, -0.2) is 33.0 Å². The third kappa shape index (κ3) is 4.51. The van der Waals surface area contributed by atoms with Gasteiger partial charge in [-0.1, -0.05) is 26.0 Å². The molecule has 0 bridgehead atoms. The van der Waals surface area contributed by atoms with Crippen molar-refractivity contribution in [2.45, 2.75) is 24.7 Å². The van der Waals surface area contributed by atoms with Crippen molar-refractivity contribution in [2.75, 3.05) is 34.0 Å². The second-order valence-electron chi connectivity index (χ2n) is 8.19. The van der Waals surface area contributed by atoms with E-state index in [0.29, 0.717) is 18.2 Å². The zero-order valence-electron chi connectivity index (χ0n) is 18.7. The second kappa shape index (κ2) is 8.90. The number of halogens is 2. The molecule has 0 unspecified atom stereocenters. The Morgan fingerprint density at radius 1 is 1.15 bits per heavy atom. The Hall–Kier alpha value is -3.73. The van der Waals surface area contributed by atoms with Crippen LogP contribution in [0, 0.1) is 11.6 Å². The monoisotopic (exact) mass is 487 g/mol. The number of benzene rings is 2. The number of sulfonamides is 1. The van der Waals surface area contributed by atoms with Gasteiger partial charge in [0, 0.05) is 13.2 Å². The van der Waals surface area contributed by atoms with Crippen LogP contribution in [0.3, 0.4) is 0 Å². The van der Waals surface area contributed by atoms with Gasteiger partial charge in [-0.15, -0.1) is 0 Å². The van der Waals surface area contributed by atoms with E-state index in [1.54, 1.807) is 25.2 Å². The summed E-state index contributed by atoms with van der Waals surface area (Å²) in [6.45, 7) is 4.46. The molecule has 4 rings (SSSR count). The number of hydrogen-bond acceptors (Lipinski definition) is 6. The van der Waals surface area contributed by atoms with Gasteiger partial charge in [-0.2, -0.15) is 0 Å². The first-order valence-electron chi connectivity index (χ1n) is 10.4. The third-order valence-electron chi connectivity index (χ3n) is 5.46. The van der Waals surface area contributed by atoms with Crippen molar-refractivity contribution in [1.82, 2.24) is 4.98 Å². The zero-order chi connectivity index (χ0) is 24.6. The van der Waals surface area contributed by atoms with Crippen molar-refractivity contribution in [1.29, 1.82) is 0 Å². The van der Waals surface area contributed by atoms with E-state index in [1.807, 2.05) is 18.7 Å². The number of anilines is 4. The number of rotatable bonds is 6. The van der Waals surface area contributed by atoms with Crippen LogP contribution in [0.25, 0.3) is 0 Å². The standard InChI is InChI=1S/C23H23F2N5O3S/c1-13(2)14-4-6-16(7-5-14)34(32,33)29-18-9-8-17(24)21(20(18)25)28-23(31)15-10-19-22(26-11-15)27-12-30(19)3/h4-11,13,29H,12H2,1-3H3,(H,26,27)(H,28,31). The summed E-state index contributed by atoms with van der Waals surface area (Å²) in [4.78, 5) is 18.6. The highest BCUT2D eigenvalue weighted by molar-refractivity contribution is 7.92. The van der Waals surface area contributed by atoms with Crippen LogP contribution in [0.4, 0.5) is 31.7 Å². The fourth-order valence-electron chi connectivity index (χ4n) is 3.45. The van der Waals surface area contributed by atoms with E-state index in [4.69, 9.17) is 0 Å². The van der Waals surface area contributed by atoms with E-state index in [9.17, 15) is 17.6 Å². The van der Waals surface area contributed by atoms with Crippen LogP contribution in [0.2, 0.25) is 0 Å². The molecule has 34 heavy (non-hydrogen) atoms. The Morgan fingerprint density at radius 2 is 1.85 bits per heavy atom. The summed E-state index contributed by atoms with van der Waals surface area (Å²) in [6, 6.07) is 9.53. The number of carbonyl (C=O) groups excluding carboxylic acids is 1. The molecule has 0 radical (unpaired) electrons. The molecule has 0 saturated heterocycles. The number of hydrogen-bond donors (Lipinski definition) is 3. The van der Waals surface area contributed by atoms with E-state index in [1.165, 1.54) is 18.3 Å². The molecule has 178 valence electrons. The maximum atomic E-state index is 15.1. The highest BCUT2D eigenvalue weighted by Crippen LogP contribution is 2.31. The molecule has 1 aliphatic rings. The lowest BCUT2D eigenvalue weighted by Gasteiger charge is -2.14. The van der Waals surface area contributed by atoms with Gasteiger partial charge in [-0.05, 0) is 41.8 Å². The molecule has 0 atom stereocenters. The van der Waals surface area contributed by atoms with Crippen molar-refractivity contribution in [3.05, 3.63) is 71.4 Å². The lowest BCUT2D eigenvalue weighted by molar-refractivity contribution is 0.102. The highest BCUT2D eigenvalue weighted by atomic mass is 32.2. The minimum absolute atomic E-state index is 0.0758. The van der Waals surface area contributed by atoms with E-state index in [-0.39, 0.29) is 16.4 Å². The van der Waals surface area contributed by atoms with Gasteiger partial charge in [-0.3, -0.25) is 9.52 Å². The fraction of sp³-hybridized carbons (Fsp3) is 0.217. The molecule has 0 saturated carbocycles. The van der Waals surface area contributed by atoms with E-state index < -0.39 is 38.9 Å². The molecule has 2 aromatic carbocycles. The summed E-state index contributed by atoms with van der Waals surface area (Å²) in [6.07, 6.45) is 1.28. The lowest BCUT2D eigenvalue weighted by atomic mass is 10.0. The summed E-state index contributed by atoms with van der Waals surface area (Å²) in [7, 11) is -2.35. The van der Waals surface area contributed by atoms with E-state index >= 15 is 4.39 Å². The van der Waals surface area contributed by atoms with Gasteiger partial charge in [0.2, 0.25) is 0 Å². The van der Waals surface area contributed by atoms with Gasteiger partial charge in [0.1, 0.15) is 11.5 Å². The number of aromatic nitrogens is 1. The molecular weight excluding hydrogens is 464 g/mol. The highest BCUT2D eigenvalue weighted by Gasteiger charge is 2.23. The summed E-state index contributed by atoms with van der Waals surface area (Å²) >= 11 is 0. The molecular formula is C23H23F2N5O3S. The van der Waals surface area contributed by atoms with Crippen LogP contribution in [0.5, 0.6) is 0 Å². The molecule has 3 N–H and O–H groups in total. The number of nitrogens with zero attached hydrogens (tertiary/aromatic N) is 2. The maximum Gasteiger partial charge on any atom is 0.261 e. The molecule has 1 amide bonds. The summed E-state index contributed by atoms with van der Waals surface area (Å²) in [5.41, 5.74) is 0.427. The average molecular weight is 488 g/mol. The normalized spacial score (nSPS) is 12.9. The molecule has 8 nitrogen and oxygen atoms in total. The summed E-state index contributed by atoms with van der Waals surface area (Å²) in [5.74, 6) is -2.29. The Bertz CT molecular complexity index is 1360. The molecule has 0 spiro atoms. The van der Waals surface area contributed by atoms with Crippen molar-refractivity contribution in [3.63, 3.8) is 0 Å². The molecule has 11 heteroatoms. The molecule has 1 aromatic heterocycles. The molecule has 2 heterocycles. The van der Waals surface area contributed by atoms with Crippen molar-refractivity contribution >= 4 is 38.8 Å². The van der Waals surface area contributed by atoms with Crippen LogP contribution >= 0.6 is 0 Å². The quantitative estimate of drug-likeness (QED) is 0.478. The average Bonchev–Trinajstić information content (AvgIpc) is 3.18. The van der Waals surface area contributed by atoms with Crippen LogP contribution in [0.15, 0.2) is 53.6 Å². The van der Waals surface area contributed by atoms with Gasteiger partial charge in [0.05, 0.1) is 28.5 Å². The minimum Gasteiger partial charge on any atom is -0.354 e. The van der Waals surface area contributed by atoms with Gasteiger partial charge >= 0.3 is 0 Å². The van der Waals surface area contributed by atoms with Crippen molar-refractivity contribution in [2.24, 2.45) is 0 Å². The largest absolute Gasteiger partial charge is 0.354 e. The first-order valence-corrected chi connectivity index (χ1v) is 11.9. The van der Waals surface area contributed by atoms with E-state index in [2.05, 4.69) is 20.3 Å². The second-order valence-corrected chi connectivity index (χ2v) is 9.87. The van der Waals surface area contributed by atoms with Crippen molar-refractivity contribution < 1.29 is 22.0 Å².